The molecule has 1 aliphatic heterocycles. The molecule has 0 saturated carbocycles. The number of nitrogens with zero attached hydrogens (tertiary/aromatic N) is 1. The number of carbonyl (C=O) groups is 1. The van der Waals surface area contributed by atoms with Gasteiger partial charge in [0.05, 0.1) is 29.5 Å². The number of halogens is 1. The minimum absolute atomic E-state index is 0.0729. The van der Waals surface area contributed by atoms with E-state index in [1.165, 1.54) is 0 Å². The van der Waals surface area contributed by atoms with Gasteiger partial charge in [0, 0.05) is 6.61 Å². The Bertz CT molecular complexity index is 416. The lowest BCUT2D eigenvalue weighted by molar-refractivity contribution is -0.122. The normalized spacial score (nSPS) is 25.0. The lowest BCUT2D eigenvalue weighted by Crippen LogP contribution is -2.45. The van der Waals surface area contributed by atoms with E-state index in [-0.39, 0.29) is 30.6 Å². The van der Waals surface area contributed by atoms with Crippen molar-refractivity contribution in [3.05, 3.63) is 0 Å². The van der Waals surface area contributed by atoms with Gasteiger partial charge in [-0.15, -0.1) is 11.6 Å². The van der Waals surface area contributed by atoms with Crippen LogP contribution in [-0.4, -0.2) is 74.0 Å². The number of aliphatic hydroxyl groups is 1. The average Bonchev–Trinajstić information content (AvgIpc) is 2.57. The van der Waals surface area contributed by atoms with Crippen LogP contribution in [0.5, 0.6) is 0 Å². The molecule has 20 heavy (non-hydrogen) atoms. The van der Waals surface area contributed by atoms with E-state index in [1.807, 2.05) is 11.9 Å². The van der Waals surface area contributed by atoms with Crippen LogP contribution in [0.1, 0.15) is 19.3 Å². The Kier molecular flexibility index (Phi) is 7.22. The van der Waals surface area contributed by atoms with Crippen molar-refractivity contribution in [1.29, 1.82) is 0 Å². The van der Waals surface area contributed by atoms with Crippen molar-refractivity contribution in [3.63, 3.8) is 0 Å². The van der Waals surface area contributed by atoms with Gasteiger partial charge in [-0.05, 0) is 32.9 Å². The number of aliphatic hydroxyl groups excluding tert-OH is 1. The van der Waals surface area contributed by atoms with Crippen LogP contribution in [-0.2, 0) is 14.6 Å². The average molecular weight is 327 g/mol. The first-order valence-corrected chi connectivity index (χ1v) is 9.03. The molecule has 0 radical (unpaired) electrons. The Hall–Kier alpha value is -0.370. The Labute approximate surface area is 125 Å². The van der Waals surface area contributed by atoms with Crippen LogP contribution >= 0.6 is 11.6 Å². The van der Waals surface area contributed by atoms with Gasteiger partial charge in [-0.3, -0.25) is 9.69 Å². The Morgan fingerprint density at radius 1 is 1.35 bits per heavy atom. The first-order chi connectivity index (χ1) is 9.34. The van der Waals surface area contributed by atoms with Crippen molar-refractivity contribution in [1.82, 2.24) is 10.2 Å². The maximum Gasteiger partial charge on any atom is 0.234 e. The summed E-state index contributed by atoms with van der Waals surface area (Å²) in [5, 5.41) is 10.8. The Morgan fingerprint density at radius 2 is 2.05 bits per heavy atom. The molecular weight excluding hydrogens is 304 g/mol. The number of likely N-dealkylation sites (N-methyl/N-ethyl adjacent to an activating group) is 1. The molecule has 2 N–H and O–H groups in total. The summed E-state index contributed by atoms with van der Waals surface area (Å²) in [6.45, 7) is 1.18. The second kappa shape index (κ2) is 8.17. The van der Waals surface area contributed by atoms with Crippen LogP contribution in [0, 0.1) is 0 Å². The third kappa shape index (κ3) is 6.39. The quantitative estimate of drug-likeness (QED) is 0.468. The van der Waals surface area contributed by atoms with Crippen LogP contribution in [0.3, 0.4) is 0 Å². The van der Waals surface area contributed by atoms with Crippen molar-refractivity contribution >= 4 is 27.3 Å². The maximum absolute atomic E-state index is 11.8. The fourth-order valence-electron chi connectivity index (χ4n) is 2.18. The molecule has 2 atom stereocenters. The SMILES string of the molecule is CN(CCCCCO)CC(=O)NC1CS(=O)(=O)CC1Cl. The zero-order chi connectivity index (χ0) is 15.2. The fraction of sp³-hybridized carbons (Fsp3) is 0.917. The van der Waals surface area contributed by atoms with Gasteiger partial charge in [-0.2, -0.15) is 0 Å². The predicted molar refractivity (Wildman–Crippen MR) is 78.7 cm³/mol. The van der Waals surface area contributed by atoms with Crippen molar-refractivity contribution < 1.29 is 18.3 Å². The van der Waals surface area contributed by atoms with E-state index in [9.17, 15) is 13.2 Å². The van der Waals surface area contributed by atoms with Crippen molar-refractivity contribution in [3.8, 4) is 0 Å². The number of sulfone groups is 1. The first-order valence-electron chi connectivity index (χ1n) is 6.77. The number of amides is 1. The minimum atomic E-state index is -3.12. The molecule has 1 fully saturated rings. The summed E-state index contributed by atoms with van der Waals surface area (Å²) < 4.78 is 22.8. The molecule has 1 rings (SSSR count). The second-order valence-electron chi connectivity index (χ2n) is 5.29. The number of hydrogen-bond donors (Lipinski definition) is 2. The van der Waals surface area contributed by atoms with Crippen LogP contribution in [0.15, 0.2) is 0 Å². The van der Waals surface area contributed by atoms with Gasteiger partial charge in [-0.1, -0.05) is 0 Å². The van der Waals surface area contributed by atoms with Gasteiger partial charge >= 0.3 is 0 Å². The highest BCUT2D eigenvalue weighted by Gasteiger charge is 2.37. The van der Waals surface area contributed by atoms with Gasteiger partial charge in [0.15, 0.2) is 9.84 Å². The molecule has 118 valence electrons. The third-order valence-electron chi connectivity index (χ3n) is 3.24. The van der Waals surface area contributed by atoms with Gasteiger partial charge in [0.2, 0.25) is 5.91 Å². The molecule has 0 aromatic rings. The summed E-state index contributed by atoms with van der Waals surface area (Å²) in [7, 11) is -1.29. The number of hydrogen-bond acceptors (Lipinski definition) is 5. The standard InChI is InChI=1S/C12H23ClN2O4S/c1-15(5-3-2-4-6-16)7-12(17)14-11-9-20(18,19)8-10(11)13/h10-11,16H,2-9H2,1H3,(H,14,17). The number of unbranched alkanes of at least 4 members (excludes halogenated alkanes) is 2. The monoisotopic (exact) mass is 326 g/mol. The molecular formula is C12H23ClN2O4S. The Balaban J connectivity index is 2.26. The summed E-state index contributed by atoms with van der Waals surface area (Å²) in [5.74, 6) is -0.355. The summed E-state index contributed by atoms with van der Waals surface area (Å²) in [4.78, 5) is 13.7. The second-order valence-corrected chi connectivity index (χ2v) is 8.00. The van der Waals surface area contributed by atoms with E-state index in [1.54, 1.807) is 0 Å². The number of nitrogens with one attached hydrogen (secondary N) is 1. The highest BCUT2D eigenvalue weighted by molar-refractivity contribution is 7.91. The number of carbonyl (C=O) groups excluding carboxylic acids is 1. The molecule has 2 unspecified atom stereocenters. The topological polar surface area (TPSA) is 86.7 Å². The lowest BCUT2D eigenvalue weighted by atomic mass is 10.2. The summed E-state index contributed by atoms with van der Waals surface area (Å²) in [6.07, 6.45) is 2.61. The molecule has 6 nitrogen and oxygen atoms in total. The molecule has 8 heteroatoms. The molecule has 1 heterocycles. The zero-order valence-corrected chi connectivity index (χ0v) is 13.3. The molecule has 1 aliphatic rings. The minimum Gasteiger partial charge on any atom is -0.396 e. The van der Waals surface area contributed by atoms with Crippen molar-refractivity contribution in [2.75, 3.05) is 38.2 Å². The molecule has 0 aromatic heterocycles. The molecule has 0 aromatic carbocycles. The molecule has 1 saturated heterocycles. The van der Waals surface area contributed by atoms with E-state index in [4.69, 9.17) is 16.7 Å². The summed E-state index contributed by atoms with van der Waals surface area (Å²) >= 11 is 5.93. The molecule has 1 amide bonds. The van der Waals surface area contributed by atoms with E-state index in [0.717, 1.165) is 25.8 Å². The van der Waals surface area contributed by atoms with Crippen LogP contribution in [0.2, 0.25) is 0 Å². The Morgan fingerprint density at radius 3 is 2.60 bits per heavy atom. The number of rotatable bonds is 8. The van der Waals surface area contributed by atoms with E-state index in [2.05, 4.69) is 5.32 Å². The van der Waals surface area contributed by atoms with Crippen LogP contribution in [0.25, 0.3) is 0 Å². The fourth-order valence-corrected chi connectivity index (χ4v) is 4.73. The highest BCUT2D eigenvalue weighted by Crippen LogP contribution is 2.17. The maximum atomic E-state index is 11.8. The van der Waals surface area contributed by atoms with E-state index < -0.39 is 21.3 Å². The third-order valence-corrected chi connectivity index (χ3v) is 5.62. The van der Waals surface area contributed by atoms with Gasteiger partial charge in [0.1, 0.15) is 0 Å². The summed E-state index contributed by atoms with van der Waals surface area (Å²) in [6, 6.07) is -0.489. The van der Waals surface area contributed by atoms with Crippen molar-refractivity contribution in [2.24, 2.45) is 0 Å². The van der Waals surface area contributed by atoms with E-state index >= 15 is 0 Å². The van der Waals surface area contributed by atoms with Gasteiger partial charge in [0.25, 0.3) is 0 Å². The van der Waals surface area contributed by atoms with Crippen LogP contribution < -0.4 is 5.32 Å². The smallest absolute Gasteiger partial charge is 0.234 e. The summed E-state index contributed by atoms with van der Waals surface area (Å²) in [5.41, 5.74) is 0. The van der Waals surface area contributed by atoms with Gasteiger partial charge < -0.3 is 10.4 Å². The van der Waals surface area contributed by atoms with E-state index in [0.29, 0.717) is 0 Å². The highest BCUT2D eigenvalue weighted by atomic mass is 35.5. The first kappa shape index (κ1) is 17.7. The molecule has 0 spiro atoms. The zero-order valence-electron chi connectivity index (χ0n) is 11.7. The molecule has 0 bridgehead atoms. The van der Waals surface area contributed by atoms with Gasteiger partial charge in [-0.25, -0.2) is 8.42 Å². The van der Waals surface area contributed by atoms with Crippen LogP contribution in [0.4, 0.5) is 0 Å². The number of alkyl halides is 1. The largest absolute Gasteiger partial charge is 0.396 e. The predicted octanol–water partition coefficient (Wildman–Crippen LogP) is -0.399. The van der Waals surface area contributed by atoms with Crippen molar-refractivity contribution in [2.45, 2.75) is 30.7 Å². The lowest BCUT2D eigenvalue weighted by Gasteiger charge is -2.19. The molecule has 0 aliphatic carbocycles.